The van der Waals surface area contributed by atoms with E-state index in [0.29, 0.717) is 19.3 Å². The molecule has 1 aliphatic carbocycles. The maximum atomic E-state index is 11.9. The van der Waals surface area contributed by atoms with Crippen LogP contribution in [0.2, 0.25) is 0 Å². The molecule has 0 bridgehead atoms. The first-order chi connectivity index (χ1) is 9.58. The van der Waals surface area contributed by atoms with Crippen molar-refractivity contribution in [3.63, 3.8) is 0 Å². The molecule has 2 rings (SSSR count). The summed E-state index contributed by atoms with van der Waals surface area (Å²) in [6.07, 6.45) is 4.76. The number of carboxylic acids is 1. The Morgan fingerprint density at radius 2 is 1.70 bits per heavy atom. The van der Waals surface area contributed by atoms with Crippen molar-refractivity contribution in [3.05, 3.63) is 0 Å². The molecule has 0 radical (unpaired) electrons. The van der Waals surface area contributed by atoms with Gasteiger partial charge in [-0.25, -0.2) is 0 Å². The third kappa shape index (κ3) is 3.71. The Hall–Kier alpha value is -1.59. The number of carbonyl (C=O) groups is 3. The average molecular weight is 282 g/mol. The maximum Gasteiger partial charge on any atom is 0.306 e. The van der Waals surface area contributed by atoms with Crippen molar-refractivity contribution < 1.29 is 19.5 Å². The fourth-order valence-corrected chi connectivity index (χ4v) is 3.01. The summed E-state index contributed by atoms with van der Waals surface area (Å²) in [5.41, 5.74) is 0. The first-order valence-electron chi connectivity index (χ1n) is 7.36. The van der Waals surface area contributed by atoms with Crippen LogP contribution >= 0.6 is 0 Å². The van der Waals surface area contributed by atoms with Gasteiger partial charge in [-0.05, 0) is 38.5 Å². The highest BCUT2D eigenvalue weighted by Gasteiger charge is 2.33. The monoisotopic (exact) mass is 282 g/mol. The highest BCUT2D eigenvalue weighted by molar-refractivity contribution is 5.86. The zero-order valence-corrected chi connectivity index (χ0v) is 11.6. The van der Waals surface area contributed by atoms with Gasteiger partial charge in [0.2, 0.25) is 11.8 Å². The van der Waals surface area contributed by atoms with Crippen molar-refractivity contribution in [2.75, 3.05) is 19.6 Å². The number of amides is 2. The molecule has 2 aliphatic rings. The number of hydrogen-bond donors (Lipinski definition) is 2. The minimum absolute atomic E-state index is 0.0348. The van der Waals surface area contributed by atoms with Gasteiger partial charge in [0.15, 0.2) is 0 Å². The molecule has 2 fully saturated rings. The molecule has 112 valence electrons. The average Bonchev–Trinajstić information content (AvgIpc) is 2.95. The van der Waals surface area contributed by atoms with Gasteiger partial charge in [-0.15, -0.1) is 0 Å². The van der Waals surface area contributed by atoms with E-state index >= 15 is 0 Å². The Morgan fingerprint density at radius 3 is 2.30 bits per heavy atom. The van der Waals surface area contributed by atoms with Crippen molar-refractivity contribution in [1.29, 1.82) is 0 Å². The normalized spacial score (nSPS) is 26.3. The van der Waals surface area contributed by atoms with E-state index < -0.39 is 11.9 Å². The van der Waals surface area contributed by atoms with Crippen LogP contribution in [0.5, 0.6) is 0 Å². The Bertz CT molecular complexity index is 391. The summed E-state index contributed by atoms with van der Waals surface area (Å²) in [6.45, 7) is 1.59. The molecule has 1 saturated carbocycles. The lowest BCUT2D eigenvalue weighted by Crippen LogP contribution is -2.43. The van der Waals surface area contributed by atoms with Gasteiger partial charge in [0.1, 0.15) is 0 Å². The summed E-state index contributed by atoms with van der Waals surface area (Å²) >= 11 is 0. The van der Waals surface area contributed by atoms with Crippen molar-refractivity contribution in [1.82, 2.24) is 10.2 Å². The van der Waals surface area contributed by atoms with Gasteiger partial charge < -0.3 is 15.3 Å². The van der Waals surface area contributed by atoms with Crippen LogP contribution in [0.3, 0.4) is 0 Å². The van der Waals surface area contributed by atoms with Crippen LogP contribution in [-0.2, 0) is 14.4 Å². The third-order valence-electron chi connectivity index (χ3n) is 4.28. The van der Waals surface area contributed by atoms with Crippen molar-refractivity contribution in [2.45, 2.75) is 38.5 Å². The number of carbonyl (C=O) groups excluding carboxylic acids is 2. The summed E-state index contributed by atoms with van der Waals surface area (Å²) in [6, 6.07) is 0. The SMILES string of the molecule is O=C(O)C1CCC(C(=O)NCC(=O)N2CCCCC2)C1. The van der Waals surface area contributed by atoms with Gasteiger partial charge in [-0.3, -0.25) is 14.4 Å². The number of likely N-dealkylation sites (tertiary alicyclic amines) is 1. The van der Waals surface area contributed by atoms with Gasteiger partial charge in [0, 0.05) is 19.0 Å². The number of carboxylic acid groups (broad SMARTS) is 1. The predicted octanol–water partition coefficient (Wildman–Crippen LogP) is 0.616. The highest BCUT2D eigenvalue weighted by atomic mass is 16.4. The van der Waals surface area contributed by atoms with Crippen molar-refractivity contribution >= 4 is 17.8 Å². The fourth-order valence-electron chi connectivity index (χ4n) is 3.01. The van der Waals surface area contributed by atoms with E-state index in [2.05, 4.69) is 5.32 Å². The molecule has 1 heterocycles. The first-order valence-corrected chi connectivity index (χ1v) is 7.36. The number of aliphatic carboxylic acids is 1. The van der Waals surface area contributed by atoms with Crippen molar-refractivity contribution in [2.24, 2.45) is 11.8 Å². The Labute approximate surface area is 118 Å². The van der Waals surface area contributed by atoms with E-state index in [0.717, 1.165) is 32.4 Å². The molecule has 6 heteroatoms. The standard InChI is InChI=1S/C14H22N2O4/c17-12(16-6-2-1-3-7-16)9-15-13(18)10-4-5-11(8-10)14(19)20/h10-11H,1-9H2,(H,15,18)(H,19,20). The minimum atomic E-state index is -0.829. The molecule has 0 spiro atoms. The zero-order chi connectivity index (χ0) is 14.5. The summed E-state index contributed by atoms with van der Waals surface area (Å²) < 4.78 is 0. The fraction of sp³-hybridized carbons (Fsp3) is 0.786. The minimum Gasteiger partial charge on any atom is -0.481 e. The largest absolute Gasteiger partial charge is 0.481 e. The van der Waals surface area contributed by atoms with Gasteiger partial charge in [-0.1, -0.05) is 0 Å². The molecular weight excluding hydrogens is 260 g/mol. The van der Waals surface area contributed by atoms with Gasteiger partial charge in [0.25, 0.3) is 0 Å². The topological polar surface area (TPSA) is 86.7 Å². The van der Waals surface area contributed by atoms with Gasteiger partial charge in [-0.2, -0.15) is 0 Å². The maximum absolute atomic E-state index is 11.9. The summed E-state index contributed by atoms with van der Waals surface area (Å²) in [7, 11) is 0. The second-order valence-electron chi connectivity index (χ2n) is 5.70. The summed E-state index contributed by atoms with van der Waals surface area (Å²) in [4.78, 5) is 36.5. The quantitative estimate of drug-likeness (QED) is 0.791. The molecule has 0 aromatic rings. The van der Waals surface area contributed by atoms with E-state index in [9.17, 15) is 14.4 Å². The predicted molar refractivity (Wildman–Crippen MR) is 71.9 cm³/mol. The second-order valence-corrected chi connectivity index (χ2v) is 5.70. The molecule has 1 saturated heterocycles. The molecule has 0 aromatic heterocycles. The van der Waals surface area contributed by atoms with Crippen LogP contribution in [0.25, 0.3) is 0 Å². The van der Waals surface area contributed by atoms with Crippen LogP contribution in [0.1, 0.15) is 38.5 Å². The van der Waals surface area contributed by atoms with E-state index in [-0.39, 0.29) is 24.3 Å². The smallest absolute Gasteiger partial charge is 0.306 e. The summed E-state index contributed by atoms with van der Waals surface area (Å²) in [5, 5.41) is 11.6. The van der Waals surface area contributed by atoms with Crippen LogP contribution in [-0.4, -0.2) is 47.4 Å². The number of hydrogen-bond acceptors (Lipinski definition) is 3. The lowest BCUT2D eigenvalue weighted by molar-refractivity contribution is -0.141. The van der Waals surface area contributed by atoms with Crippen LogP contribution in [0, 0.1) is 11.8 Å². The third-order valence-corrected chi connectivity index (χ3v) is 4.28. The first kappa shape index (κ1) is 14.8. The van der Waals surface area contributed by atoms with Crippen LogP contribution in [0.15, 0.2) is 0 Å². The van der Waals surface area contributed by atoms with E-state index in [4.69, 9.17) is 5.11 Å². The molecule has 0 aromatic carbocycles. The van der Waals surface area contributed by atoms with Crippen molar-refractivity contribution in [3.8, 4) is 0 Å². The number of nitrogens with one attached hydrogen (secondary N) is 1. The molecule has 2 amide bonds. The molecule has 20 heavy (non-hydrogen) atoms. The Balaban J connectivity index is 1.72. The van der Waals surface area contributed by atoms with E-state index in [1.54, 1.807) is 4.90 Å². The van der Waals surface area contributed by atoms with E-state index in [1.165, 1.54) is 0 Å². The summed E-state index contributed by atoms with van der Waals surface area (Å²) in [5.74, 6) is -1.72. The Kier molecular flexibility index (Phi) is 4.98. The number of nitrogens with zero attached hydrogens (tertiary/aromatic N) is 1. The number of rotatable bonds is 4. The van der Waals surface area contributed by atoms with Gasteiger partial charge >= 0.3 is 5.97 Å². The zero-order valence-electron chi connectivity index (χ0n) is 11.6. The number of piperidine rings is 1. The second kappa shape index (κ2) is 6.72. The molecular formula is C14H22N2O4. The Morgan fingerprint density at radius 1 is 1.05 bits per heavy atom. The van der Waals surface area contributed by atoms with E-state index in [1.807, 2.05) is 0 Å². The molecule has 1 aliphatic heterocycles. The molecule has 2 N–H and O–H groups in total. The lowest BCUT2D eigenvalue weighted by Gasteiger charge is -2.27. The highest BCUT2D eigenvalue weighted by Crippen LogP contribution is 2.31. The van der Waals surface area contributed by atoms with Gasteiger partial charge in [0.05, 0.1) is 12.5 Å². The lowest BCUT2D eigenvalue weighted by atomic mass is 10.0. The molecule has 6 nitrogen and oxygen atoms in total. The van der Waals surface area contributed by atoms with Crippen LogP contribution in [0.4, 0.5) is 0 Å². The molecule has 2 atom stereocenters. The van der Waals surface area contributed by atoms with Crippen LogP contribution < -0.4 is 5.32 Å². The molecule has 2 unspecified atom stereocenters.